The van der Waals surface area contributed by atoms with E-state index in [4.69, 9.17) is 5.26 Å². The van der Waals surface area contributed by atoms with Gasteiger partial charge in [0, 0.05) is 4.47 Å². The van der Waals surface area contributed by atoms with Gasteiger partial charge in [0.1, 0.15) is 16.8 Å². The Balaban J connectivity index is 2.27. The molecule has 1 saturated carbocycles. The van der Waals surface area contributed by atoms with Crippen molar-refractivity contribution in [2.24, 2.45) is 5.92 Å². The van der Waals surface area contributed by atoms with Crippen LogP contribution >= 0.6 is 15.9 Å². The van der Waals surface area contributed by atoms with Crippen molar-refractivity contribution in [2.45, 2.75) is 23.8 Å². The molecule has 0 amide bonds. The minimum Gasteiger partial charge on any atom is -0.207 e. The van der Waals surface area contributed by atoms with Crippen LogP contribution in [0.4, 0.5) is 4.39 Å². The van der Waals surface area contributed by atoms with Gasteiger partial charge in [0.15, 0.2) is 0 Å². The first-order valence-electron chi connectivity index (χ1n) is 5.31. The van der Waals surface area contributed by atoms with Crippen molar-refractivity contribution in [2.75, 3.05) is 0 Å². The zero-order chi connectivity index (χ0) is 13.3. The number of hydrogen-bond acceptors (Lipinski definition) is 3. The second-order valence-corrected chi connectivity index (χ2v) is 6.74. The first-order chi connectivity index (χ1) is 8.44. The highest BCUT2D eigenvalue weighted by Crippen LogP contribution is 2.33. The SMILES string of the molecule is N#CC(NS(=O)(=O)c1ccc(Br)cc1F)C1CC1. The molecule has 7 heteroatoms. The van der Waals surface area contributed by atoms with Crippen LogP contribution in [0.25, 0.3) is 0 Å². The molecule has 1 N–H and O–H groups in total. The monoisotopic (exact) mass is 332 g/mol. The number of halogens is 2. The molecule has 1 fully saturated rings. The number of hydrogen-bond donors (Lipinski definition) is 1. The Kier molecular flexibility index (Phi) is 3.71. The Morgan fingerprint density at radius 3 is 2.67 bits per heavy atom. The smallest absolute Gasteiger partial charge is 0.207 e. The lowest BCUT2D eigenvalue weighted by Crippen LogP contribution is -2.35. The van der Waals surface area contributed by atoms with Crippen molar-refractivity contribution in [1.82, 2.24) is 4.72 Å². The van der Waals surface area contributed by atoms with Crippen LogP contribution in [0.5, 0.6) is 0 Å². The van der Waals surface area contributed by atoms with Crippen molar-refractivity contribution < 1.29 is 12.8 Å². The molecule has 0 bridgehead atoms. The van der Waals surface area contributed by atoms with Crippen molar-refractivity contribution in [1.29, 1.82) is 5.26 Å². The number of nitrogens with one attached hydrogen (secondary N) is 1. The molecule has 0 radical (unpaired) electrons. The zero-order valence-electron chi connectivity index (χ0n) is 9.23. The molecule has 1 unspecified atom stereocenters. The van der Waals surface area contributed by atoms with Crippen molar-refractivity contribution >= 4 is 26.0 Å². The Bertz CT molecular complexity index is 608. The van der Waals surface area contributed by atoms with E-state index in [1.165, 1.54) is 12.1 Å². The standard InChI is InChI=1S/C11H10BrFN2O2S/c12-8-3-4-11(9(13)5-8)18(16,17)15-10(6-14)7-1-2-7/h3-5,7,10,15H,1-2H2. The lowest BCUT2D eigenvalue weighted by Gasteiger charge is -2.11. The molecule has 0 spiro atoms. The summed E-state index contributed by atoms with van der Waals surface area (Å²) in [6, 6.07) is 4.81. The minimum atomic E-state index is -3.99. The number of sulfonamides is 1. The van der Waals surface area contributed by atoms with E-state index in [1.807, 2.05) is 6.07 Å². The Hall–Kier alpha value is -0.970. The summed E-state index contributed by atoms with van der Waals surface area (Å²) in [5.41, 5.74) is 0. The summed E-state index contributed by atoms with van der Waals surface area (Å²) in [5, 5.41) is 8.88. The molecule has 0 aromatic heterocycles. The summed E-state index contributed by atoms with van der Waals surface area (Å²) in [7, 11) is -3.99. The quantitative estimate of drug-likeness (QED) is 0.918. The van der Waals surface area contributed by atoms with Gasteiger partial charge in [-0.1, -0.05) is 15.9 Å². The van der Waals surface area contributed by atoms with Crippen LogP contribution in [0, 0.1) is 23.1 Å². The van der Waals surface area contributed by atoms with Gasteiger partial charge in [-0.25, -0.2) is 12.8 Å². The van der Waals surface area contributed by atoms with E-state index in [9.17, 15) is 12.8 Å². The van der Waals surface area contributed by atoms with Crippen LogP contribution in [0.3, 0.4) is 0 Å². The first kappa shape index (κ1) is 13.5. The van der Waals surface area contributed by atoms with E-state index in [0.717, 1.165) is 18.9 Å². The van der Waals surface area contributed by atoms with Gasteiger partial charge in [-0.2, -0.15) is 9.98 Å². The fraction of sp³-hybridized carbons (Fsp3) is 0.364. The van der Waals surface area contributed by atoms with Crippen LogP contribution < -0.4 is 4.72 Å². The normalized spacial score (nSPS) is 17.2. The summed E-state index contributed by atoms with van der Waals surface area (Å²) in [6.07, 6.45) is 1.65. The molecular formula is C11H10BrFN2O2S. The lowest BCUT2D eigenvalue weighted by molar-refractivity contribution is 0.542. The van der Waals surface area contributed by atoms with Crippen LogP contribution in [0.1, 0.15) is 12.8 Å². The fourth-order valence-corrected chi connectivity index (χ4v) is 3.18. The highest BCUT2D eigenvalue weighted by Gasteiger charge is 2.35. The molecule has 1 atom stereocenters. The Morgan fingerprint density at radius 2 is 2.17 bits per heavy atom. The average molecular weight is 333 g/mol. The van der Waals surface area contributed by atoms with E-state index in [1.54, 1.807) is 0 Å². The average Bonchev–Trinajstić information content (AvgIpc) is 3.09. The molecule has 1 aromatic rings. The zero-order valence-corrected chi connectivity index (χ0v) is 11.6. The molecule has 96 valence electrons. The van der Waals surface area contributed by atoms with Crippen molar-refractivity contribution in [3.05, 3.63) is 28.5 Å². The molecule has 1 aromatic carbocycles. The number of nitriles is 1. The number of nitrogens with zero attached hydrogens (tertiary/aromatic N) is 1. The predicted molar refractivity (Wildman–Crippen MR) is 66.5 cm³/mol. The van der Waals surface area contributed by atoms with E-state index in [0.29, 0.717) is 4.47 Å². The maximum atomic E-state index is 13.6. The third-order valence-electron chi connectivity index (χ3n) is 2.70. The van der Waals surface area contributed by atoms with E-state index in [-0.39, 0.29) is 5.92 Å². The van der Waals surface area contributed by atoms with Gasteiger partial charge in [0.2, 0.25) is 10.0 Å². The Morgan fingerprint density at radius 1 is 1.50 bits per heavy atom. The summed E-state index contributed by atoms with van der Waals surface area (Å²) in [4.78, 5) is -0.438. The largest absolute Gasteiger partial charge is 0.244 e. The van der Waals surface area contributed by atoms with Gasteiger partial charge in [0.05, 0.1) is 6.07 Å². The van der Waals surface area contributed by atoms with Gasteiger partial charge in [-0.05, 0) is 37.0 Å². The summed E-state index contributed by atoms with van der Waals surface area (Å²) < 4.78 is 40.2. The molecule has 4 nitrogen and oxygen atoms in total. The second-order valence-electron chi connectivity index (χ2n) is 4.14. The highest BCUT2D eigenvalue weighted by molar-refractivity contribution is 9.10. The van der Waals surface area contributed by atoms with E-state index in [2.05, 4.69) is 20.7 Å². The predicted octanol–water partition coefficient (Wildman–Crippen LogP) is 2.17. The van der Waals surface area contributed by atoms with Gasteiger partial charge >= 0.3 is 0 Å². The van der Waals surface area contributed by atoms with Gasteiger partial charge in [0.25, 0.3) is 0 Å². The molecule has 1 aliphatic rings. The summed E-state index contributed by atoms with van der Waals surface area (Å²) in [6.45, 7) is 0. The van der Waals surface area contributed by atoms with Crippen molar-refractivity contribution in [3.63, 3.8) is 0 Å². The molecule has 2 rings (SSSR count). The highest BCUT2D eigenvalue weighted by atomic mass is 79.9. The third-order valence-corrected chi connectivity index (χ3v) is 4.67. The molecule has 0 aliphatic heterocycles. The first-order valence-corrected chi connectivity index (χ1v) is 7.58. The van der Waals surface area contributed by atoms with Gasteiger partial charge in [-0.15, -0.1) is 0 Å². The van der Waals surface area contributed by atoms with Gasteiger partial charge < -0.3 is 0 Å². The Labute approximate surface area is 113 Å². The summed E-state index contributed by atoms with van der Waals surface area (Å²) >= 11 is 3.05. The molecular weight excluding hydrogens is 323 g/mol. The summed E-state index contributed by atoms with van der Waals surface area (Å²) in [5.74, 6) is -0.798. The number of rotatable bonds is 4. The molecule has 0 heterocycles. The fourth-order valence-electron chi connectivity index (χ4n) is 1.58. The molecule has 18 heavy (non-hydrogen) atoms. The maximum Gasteiger partial charge on any atom is 0.244 e. The van der Waals surface area contributed by atoms with E-state index < -0.39 is 26.8 Å². The van der Waals surface area contributed by atoms with Crippen LogP contribution in [0.15, 0.2) is 27.6 Å². The van der Waals surface area contributed by atoms with Crippen LogP contribution in [0.2, 0.25) is 0 Å². The second kappa shape index (κ2) is 4.96. The maximum absolute atomic E-state index is 13.6. The minimum absolute atomic E-state index is 0.0447. The molecule has 0 saturated heterocycles. The van der Waals surface area contributed by atoms with Crippen LogP contribution in [-0.4, -0.2) is 14.5 Å². The lowest BCUT2D eigenvalue weighted by atomic mass is 10.2. The van der Waals surface area contributed by atoms with Crippen molar-refractivity contribution in [3.8, 4) is 6.07 Å². The topological polar surface area (TPSA) is 70.0 Å². The van der Waals surface area contributed by atoms with Gasteiger partial charge in [-0.3, -0.25) is 0 Å². The molecule has 1 aliphatic carbocycles. The van der Waals surface area contributed by atoms with E-state index >= 15 is 0 Å². The third kappa shape index (κ3) is 2.88. The number of benzene rings is 1. The van der Waals surface area contributed by atoms with Crippen LogP contribution in [-0.2, 0) is 10.0 Å².